The lowest BCUT2D eigenvalue weighted by Gasteiger charge is -2.17. The first kappa shape index (κ1) is 12.0. The summed E-state index contributed by atoms with van der Waals surface area (Å²) in [5.74, 6) is -0.142. The summed E-state index contributed by atoms with van der Waals surface area (Å²) in [4.78, 5) is 13.1. The van der Waals surface area contributed by atoms with Crippen LogP contribution in [0.5, 0.6) is 0 Å². The van der Waals surface area contributed by atoms with Crippen LogP contribution in [-0.4, -0.2) is 33.9 Å². The number of carbonyl (C=O) groups is 1. The van der Waals surface area contributed by atoms with Crippen molar-refractivity contribution in [3.63, 3.8) is 0 Å². The normalized spacial score (nSPS) is 20.1. The molecule has 0 radical (unpaired) electrons. The summed E-state index contributed by atoms with van der Waals surface area (Å²) in [6, 6.07) is 5.06. The zero-order valence-electron chi connectivity index (χ0n) is 9.33. The van der Waals surface area contributed by atoms with Crippen LogP contribution in [0.25, 0.3) is 0 Å². The van der Waals surface area contributed by atoms with Gasteiger partial charge in [0.1, 0.15) is 0 Å². The molecule has 1 fully saturated rings. The highest BCUT2D eigenvalue weighted by atomic mass is 16.3. The number of aliphatic hydroxyl groups excluding tert-OH is 3. The van der Waals surface area contributed by atoms with Crippen molar-refractivity contribution in [1.29, 1.82) is 0 Å². The quantitative estimate of drug-likeness (QED) is 0.678. The van der Waals surface area contributed by atoms with Crippen molar-refractivity contribution in [1.82, 2.24) is 0 Å². The molecule has 1 aromatic carbocycles. The smallest absolute Gasteiger partial charge is 0.229 e. The Kier molecular flexibility index (Phi) is 3.42. The Labute approximate surface area is 98.9 Å². The van der Waals surface area contributed by atoms with E-state index in [9.17, 15) is 9.90 Å². The maximum atomic E-state index is 11.6. The zero-order chi connectivity index (χ0) is 12.4. The lowest BCUT2D eigenvalue weighted by atomic mass is 10.1. The Morgan fingerprint density at radius 3 is 2.18 bits per heavy atom. The van der Waals surface area contributed by atoms with Crippen LogP contribution in [-0.2, 0) is 18.0 Å². The second-order valence-electron chi connectivity index (χ2n) is 4.19. The van der Waals surface area contributed by atoms with Gasteiger partial charge in [-0.15, -0.1) is 0 Å². The molecule has 1 heterocycles. The third-order valence-corrected chi connectivity index (χ3v) is 2.82. The van der Waals surface area contributed by atoms with Gasteiger partial charge in [-0.05, 0) is 23.3 Å². The Morgan fingerprint density at radius 1 is 1.18 bits per heavy atom. The van der Waals surface area contributed by atoms with Crippen LogP contribution in [0.4, 0.5) is 5.69 Å². The topological polar surface area (TPSA) is 81.0 Å². The van der Waals surface area contributed by atoms with E-state index in [4.69, 9.17) is 10.2 Å². The molecule has 1 aromatic rings. The molecule has 0 bridgehead atoms. The van der Waals surface area contributed by atoms with Gasteiger partial charge in [0.2, 0.25) is 5.91 Å². The number of rotatable bonds is 3. The molecule has 1 atom stereocenters. The summed E-state index contributed by atoms with van der Waals surface area (Å²) in [6.07, 6.45) is -0.518. The number of anilines is 1. The molecule has 5 heteroatoms. The Hall–Kier alpha value is -1.43. The molecule has 5 nitrogen and oxygen atoms in total. The van der Waals surface area contributed by atoms with Gasteiger partial charge < -0.3 is 20.2 Å². The van der Waals surface area contributed by atoms with Gasteiger partial charge in [-0.2, -0.15) is 0 Å². The molecule has 1 unspecified atom stereocenters. The van der Waals surface area contributed by atoms with Gasteiger partial charge in [0.25, 0.3) is 0 Å². The number of hydrogen-bond donors (Lipinski definition) is 3. The van der Waals surface area contributed by atoms with E-state index in [-0.39, 0.29) is 32.1 Å². The first-order chi connectivity index (χ1) is 8.13. The average Bonchev–Trinajstić information content (AvgIpc) is 2.67. The van der Waals surface area contributed by atoms with Crippen molar-refractivity contribution in [3.05, 3.63) is 29.3 Å². The highest BCUT2D eigenvalue weighted by Crippen LogP contribution is 2.24. The van der Waals surface area contributed by atoms with Gasteiger partial charge in [-0.3, -0.25) is 4.79 Å². The van der Waals surface area contributed by atoms with E-state index in [1.807, 2.05) is 0 Å². The van der Waals surface area contributed by atoms with Crippen LogP contribution in [0, 0.1) is 0 Å². The second-order valence-corrected chi connectivity index (χ2v) is 4.19. The number of nitrogens with zero attached hydrogens (tertiary/aromatic N) is 1. The first-order valence-electron chi connectivity index (χ1n) is 5.47. The molecule has 1 saturated heterocycles. The van der Waals surface area contributed by atoms with Crippen LogP contribution in [0.2, 0.25) is 0 Å². The maximum Gasteiger partial charge on any atom is 0.229 e. The largest absolute Gasteiger partial charge is 0.392 e. The Morgan fingerprint density at radius 2 is 1.76 bits per heavy atom. The Balaban J connectivity index is 2.34. The van der Waals surface area contributed by atoms with Crippen LogP contribution in [0.15, 0.2) is 18.2 Å². The monoisotopic (exact) mass is 237 g/mol. The van der Waals surface area contributed by atoms with Crippen LogP contribution in [0.3, 0.4) is 0 Å². The SMILES string of the molecule is O=C1CC(O)CN1c1cc(CO)cc(CO)c1. The van der Waals surface area contributed by atoms with Gasteiger partial charge in [-0.1, -0.05) is 6.07 Å². The number of β-amino-alcohol motifs (C(OH)–C–C–N with tert-alkyl or cyclic N) is 1. The van der Waals surface area contributed by atoms with Crippen molar-refractivity contribution < 1.29 is 20.1 Å². The van der Waals surface area contributed by atoms with Crippen molar-refractivity contribution >= 4 is 11.6 Å². The molecule has 0 aliphatic carbocycles. The summed E-state index contributed by atoms with van der Waals surface area (Å²) < 4.78 is 0. The van der Waals surface area contributed by atoms with Gasteiger partial charge in [0.05, 0.1) is 32.3 Å². The maximum absolute atomic E-state index is 11.6. The van der Waals surface area contributed by atoms with Crippen molar-refractivity contribution in [3.8, 4) is 0 Å². The summed E-state index contributed by atoms with van der Waals surface area (Å²) in [6.45, 7) is -0.0323. The highest BCUT2D eigenvalue weighted by Gasteiger charge is 2.29. The molecule has 92 valence electrons. The fourth-order valence-electron chi connectivity index (χ4n) is 2.02. The zero-order valence-corrected chi connectivity index (χ0v) is 9.33. The minimum absolute atomic E-state index is 0.123. The van der Waals surface area contributed by atoms with Gasteiger partial charge in [0, 0.05) is 5.69 Å². The van der Waals surface area contributed by atoms with Gasteiger partial charge in [-0.25, -0.2) is 0 Å². The molecule has 0 spiro atoms. The first-order valence-corrected chi connectivity index (χ1v) is 5.47. The molecule has 1 aliphatic rings. The van der Waals surface area contributed by atoms with E-state index in [1.165, 1.54) is 4.90 Å². The Bertz CT molecular complexity index is 410. The summed E-state index contributed by atoms with van der Waals surface area (Å²) in [5.41, 5.74) is 1.89. The average molecular weight is 237 g/mol. The minimum atomic E-state index is -0.641. The van der Waals surface area contributed by atoms with Gasteiger partial charge >= 0.3 is 0 Å². The van der Waals surface area contributed by atoms with E-state index in [2.05, 4.69) is 0 Å². The lowest BCUT2D eigenvalue weighted by molar-refractivity contribution is -0.117. The summed E-state index contributed by atoms with van der Waals surface area (Å²) in [7, 11) is 0. The molecular formula is C12H15NO4. The van der Waals surface area contributed by atoms with E-state index in [1.54, 1.807) is 18.2 Å². The molecule has 2 rings (SSSR count). The van der Waals surface area contributed by atoms with E-state index in [0.29, 0.717) is 16.8 Å². The van der Waals surface area contributed by atoms with Crippen LogP contribution in [0.1, 0.15) is 17.5 Å². The molecule has 0 saturated carbocycles. The van der Waals surface area contributed by atoms with Crippen LogP contribution >= 0.6 is 0 Å². The molecule has 0 aromatic heterocycles. The number of carbonyl (C=O) groups excluding carboxylic acids is 1. The molecule has 17 heavy (non-hydrogen) atoms. The second kappa shape index (κ2) is 4.83. The highest BCUT2D eigenvalue weighted by molar-refractivity contribution is 5.96. The summed E-state index contributed by atoms with van der Waals surface area (Å²) >= 11 is 0. The third-order valence-electron chi connectivity index (χ3n) is 2.82. The number of amides is 1. The van der Waals surface area contributed by atoms with Gasteiger partial charge in [0.15, 0.2) is 0 Å². The number of hydrogen-bond acceptors (Lipinski definition) is 4. The predicted octanol–water partition coefficient (Wildman–Crippen LogP) is -0.231. The van der Waals surface area contributed by atoms with E-state index >= 15 is 0 Å². The van der Waals surface area contributed by atoms with Crippen molar-refractivity contribution in [2.45, 2.75) is 25.7 Å². The lowest BCUT2D eigenvalue weighted by Crippen LogP contribution is -2.25. The molecular weight excluding hydrogens is 222 g/mol. The summed E-state index contributed by atoms with van der Waals surface area (Å²) in [5, 5.41) is 27.6. The number of aliphatic hydroxyl groups is 3. The third kappa shape index (κ3) is 2.46. The van der Waals surface area contributed by atoms with Crippen LogP contribution < -0.4 is 4.90 Å². The molecule has 3 N–H and O–H groups in total. The van der Waals surface area contributed by atoms with Crippen molar-refractivity contribution in [2.24, 2.45) is 0 Å². The van der Waals surface area contributed by atoms with E-state index < -0.39 is 6.10 Å². The standard InChI is InChI=1S/C12H15NO4/c14-6-8-1-9(7-15)3-10(2-8)13-5-11(16)4-12(13)17/h1-3,11,14-16H,4-7H2. The number of benzene rings is 1. The molecule has 1 aliphatic heterocycles. The fourth-order valence-corrected chi connectivity index (χ4v) is 2.02. The minimum Gasteiger partial charge on any atom is -0.392 e. The fraction of sp³-hybridized carbons (Fsp3) is 0.417. The predicted molar refractivity (Wildman–Crippen MR) is 61.3 cm³/mol. The molecule has 1 amide bonds. The van der Waals surface area contributed by atoms with E-state index in [0.717, 1.165) is 0 Å². The van der Waals surface area contributed by atoms with Crippen molar-refractivity contribution in [2.75, 3.05) is 11.4 Å².